The van der Waals surface area contributed by atoms with Crippen molar-refractivity contribution in [3.05, 3.63) is 65.1 Å². The summed E-state index contributed by atoms with van der Waals surface area (Å²) in [5, 5.41) is 27.0. The van der Waals surface area contributed by atoms with Crippen LogP contribution in [0.3, 0.4) is 0 Å². The molecule has 29 heavy (non-hydrogen) atoms. The first-order valence-electron chi connectivity index (χ1n) is 8.48. The smallest absolute Gasteiger partial charge is 0.169 e. The van der Waals surface area contributed by atoms with Gasteiger partial charge in [0, 0.05) is 12.3 Å². The SMILES string of the molecule is CC(O)c1cc(Nc2ncc(F)c3nn(-c4c(Cl)cccc4C#N)cc23)ncn1. The van der Waals surface area contributed by atoms with E-state index in [-0.39, 0.29) is 5.52 Å². The number of rotatable bonds is 4. The monoisotopic (exact) mass is 409 g/mol. The number of nitrogens with one attached hydrogen (secondary N) is 1. The van der Waals surface area contributed by atoms with Crippen molar-refractivity contribution in [2.75, 3.05) is 5.32 Å². The first kappa shape index (κ1) is 18.7. The first-order chi connectivity index (χ1) is 14.0. The van der Waals surface area contributed by atoms with Crippen LogP contribution >= 0.6 is 11.6 Å². The number of anilines is 2. The van der Waals surface area contributed by atoms with Gasteiger partial charge in [0.05, 0.1) is 34.0 Å². The maximum absolute atomic E-state index is 14.4. The van der Waals surface area contributed by atoms with Crippen LogP contribution in [0.1, 0.15) is 24.3 Å². The lowest BCUT2D eigenvalue weighted by atomic mass is 10.2. The van der Waals surface area contributed by atoms with Gasteiger partial charge in [0.25, 0.3) is 0 Å². The van der Waals surface area contributed by atoms with Crippen molar-refractivity contribution < 1.29 is 9.50 Å². The summed E-state index contributed by atoms with van der Waals surface area (Å²) in [6.45, 7) is 1.58. The van der Waals surface area contributed by atoms with E-state index in [0.717, 1.165) is 6.20 Å². The van der Waals surface area contributed by atoms with E-state index in [0.29, 0.717) is 39.0 Å². The molecule has 1 atom stereocenters. The molecule has 0 spiro atoms. The van der Waals surface area contributed by atoms with Gasteiger partial charge in [0.2, 0.25) is 0 Å². The number of hydrogen-bond donors (Lipinski definition) is 2. The zero-order valence-corrected chi connectivity index (χ0v) is 15.8. The minimum absolute atomic E-state index is 0.0520. The van der Waals surface area contributed by atoms with Gasteiger partial charge in [-0.25, -0.2) is 24.0 Å². The van der Waals surface area contributed by atoms with Crippen molar-refractivity contribution in [3.8, 4) is 11.8 Å². The molecule has 8 nitrogen and oxygen atoms in total. The Balaban J connectivity index is 1.84. The number of pyridine rings is 1. The van der Waals surface area contributed by atoms with Gasteiger partial charge in [0.1, 0.15) is 35.2 Å². The van der Waals surface area contributed by atoms with Crippen molar-refractivity contribution in [2.45, 2.75) is 13.0 Å². The third kappa shape index (κ3) is 3.47. The molecular formula is C19H13ClFN7O. The second kappa shape index (κ2) is 7.43. The molecular weight excluding hydrogens is 397 g/mol. The summed E-state index contributed by atoms with van der Waals surface area (Å²) in [4.78, 5) is 12.2. The molecule has 3 heterocycles. The van der Waals surface area contributed by atoms with Gasteiger partial charge >= 0.3 is 0 Å². The number of nitrogens with zero attached hydrogens (tertiary/aromatic N) is 6. The fourth-order valence-corrected chi connectivity index (χ4v) is 3.08. The predicted molar refractivity (Wildman–Crippen MR) is 104 cm³/mol. The van der Waals surface area contributed by atoms with E-state index in [2.05, 4.69) is 31.4 Å². The molecule has 144 valence electrons. The van der Waals surface area contributed by atoms with E-state index in [4.69, 9.17) is 11.6 Å². The topological polar surface area (TPSA) is 113 Å². The van der Waals surface area contributed by atoms with Crippen LogP contribution in [0.2, 0.25) is 5.02 Å². The molecule has 0 amide bonds. The second-order valence-corrected chi connectivity index (χ2v) is 6.57. The summed E-state index contributed by atoms with van der Waals surface area (Å²) in [6, 6.07) is 8.49. The quantitative estimate of drug-likeness (QED) is 0.528. The van der Waals surface area contributed by atoms with Gasteiger partial charge in [-0.05, 0) is 19.1 Å². The van der Waals surface area contributed by atoms with Crippen LogP contribution in [0.15, 0.2) is 43.0 Å². The van der Waals surface area contributed by atoms with Crippen LogP contribution < -0.4 is 5.32 Å². The number of nitriles is 1. The number of hydrogen-bond acceptors (Lipinski definition) is 7. The summed E-state index contributed by atoms with van der Waals surface area (Å²) >= 11 is 6.25. The summed E-state index contributed by atoms with van der Waals surface area (Å²) in [7, 11) is 0. The molecule has 2 N–H and O–H groups in total. The third-order valence-corrected chi connectivity index (χ3v) is 4.51. The minimum atomic E-state index is -0.771. The van der Waals surface area contributed by atoms with E-state index in [9.17, 15) is 14.8 Å². The zero-order valence-electron chi connectivity index (χ0n) is 15.0. The normalized spacial score (nSPS) is 12.0. The number of aliphatic hydroxyl groups excluding tert-OH is 1. The first-order valence-corrected chi connectivity index (χ1v) is 8.85. The van der Waals surface area contributed by atoms with Crippen LogP contribution in [-0.4, -0.2) is 29.8 Å². The Labute approximate surface area is 169 Å². The molecule has 0 bridgehead atoms. The van der Waals surface area contributed by atoms with Gasteiger partial charge in [-0.2, -0.15) is 10.4 Å². The third-order valence-electron chi connectivity index (χ3n) is 4.20. The molecule has 1 aromatic carbocycles. The van der Waals surface area contributed by atoms with Crippen LogP contribution in [0.25, 0.3) is 16.6 Å². The second-order valence-electron chi connectivity index (χ2n) is 6.17. The Hall–Kier alpha value is -3.61. The lowest BCUT2D eigenvalue weighted by Gasteiger charge is -2.08. The largest absolute Gasteiger partial charge is 0.387 e. The molecule has 4 rings (SSSR count). The number of fused-ring (bicyclic) bond motifs is 1. The maximum atomic E-state index is 14.4. The highest BCUT2D eigenvalue weighted by molar-refractivity contribution is 6.32. The molecule has 0 aliphatic heterocycles. The molecule has 4 aromatic rings. The Kier molecular flexibility index (Phi) is 4.80. The number of aromatic nitrogens is 5. The fraction of sp³-hybridized carbons (Fsp3) is 0.105. The van der Waals surface area contributed by atoms with Gasteiger partial charge < -0.3 is 10.4 Å². The van der Waals surface area contributed by atoms with Gasteiger partial charge in [-0.15, -0.1) is 0 Å². The van der Waals surface area contributed by atoms with Crippen LogP contribution in [-0.2, 0) is 0 Å². The molecule has 0 radical (unpaired) electrons. The lowest BCUT2D eigenvalue weighted by molar-refractivity contribution is 0.194. The average molecular weight is 410 g/mol. The summed E-state index contributed by atoms with van der Waals surface area (Å²) in [5.74, 6) is 0.0511. The lowest BCUT2D eigenvalue weighted by Crippen LogP contribution is -2.01. The maximum Gasteiger partial charge on any atom is 0.169 e. The van der Waals surface area contributed by atoms with Crippen molar-refractivity contribution in [1.82, 2.24) is 24.7 Å². The van der Waals surface area contributed by atoms with E-state index in [1.54, 1.807) is 31.2 Å². The minimum Gasteiger partial charge on any atom is -0.387 e. The number of benzene rings is 1. The highest BCUT2D eigenvalue weighted by Gasteiger charge is 2.17. The van der Waals surface area contributed by atoms with E-state index in [1.165, 1.54) is 17.2 Å². The molecule has 10 heteroatoms. The molecule has 0 aliphatic rings. The highest BCUT2D eigenvalue weighted by Crippen LogP contribution is 2.30. The molecule has 1 unspecified atom stereocenters. The predicted octanol–water partition coefficient (Wildman–Crippen LogP) is 3.67. The zero-order chi connectivity index (χ0) is 20.5. The Morgan fingerprint density at radius 1 is 1.31 bits per heavy atom. The molecule has 0 saturated heterocycles. The number of halogens is 2. The fourth-order valence-electron chi connectivity index (χ4n) is 2.82. The van der Waals surface area contributed by atoms with E-state index in [1.807, 2.05) is 0 Å². The Morgan fingerprint density at radius 3 is 2.90 bits per heavy atom. The summed E-state index contributed by atoms with van der Waals surface area (Å²) < 4.78 is 15.7. The van der Waals surface area contributed by atoms with Crippen molar-refractivity contribution in [2.24, 2.45) is 0 Å². The van der Waals surface area contributed by atoms with Gasteiger partial charge in [-0.1, -0.05) is 17.7 Å². The summed E-state index contributed by atoms with van der Waals surface area (Å²) in [6.07, 6.45) is 3.10. The Bertz CT molecular complexity index is 1270. The Morgan fingerprint density at radius 2 is 2.14 bits per heavy atom. The average Bonchev–Trinajstić information content (AvgIpc) is 3.16. The summed E-state index contributed by atoms with van der Waals surface area (Å²) in [5.41, 5.74) is 1.12. The standard InChI is InChI=1S/C19H13ClFN7O/c1-10(29)15-5-16(25-9-24-15)26-19-12-8-28(27-17(12)14(21)7-23-19)18-11(6-22)3-2-4-13(18)20/h2-5,7-10,29H,1H3,(H,23,24,25,26). The molecule has 0 fully saturated rings. The van der Waals surface area contributed by atoms with Crippen molar-refractivity contribution in [1.29, 1.82) is 5.26 Å². The number of aliphatic hydroxyl groups is 1. The van der Waals surface area contributed by atoms with E-state index >= 15 is 0 Å². The highest BCUT2D eigenvalue weighted by atomic mass is 35.5. The molecule has 0 saturated carbocycles. The van der Waals surface area contributed by atoms with E-state index < -0.39 is 11.9 Å². The van der Waals surface area contributed by atoms with Crippen molar-refractivity contribution in [3.63, 3.8) is 0 Å². The van der Waals surface area contributed by atoms with Crippen LogP contribution in [0.5, 0.6) is 0 Å². The van der Waals surface area contributed by atoms with Crippen LogP contribution in [0.4, 0.5) is 16.0 Å². The molecule has 3 aromatic heterocycles. The van der Waals surface area contributed by atoms with Crippen molar-refractivity contribution >= 4 is 34.1 Å². The van der Waals surface area contributed by atoms with Gasteiger partial charge in [-0.3, -0.25) is 0 Å². The van der Waals surface area contributed by atoms with Crippen LogP contribution in [0, 0.1) is 17.1 Å². The molecule has 0 aliphatic carbocycles. The van der Waals surface area contributed by atoms with Gasteiger partial charge in [0.15, 0.2) is 5.82 Å². The number of para-hydroxylation sites is 1.